The second kappa shape index (κ2) is 8.13. The first-order valence-electron chi connectivity index (χ1n) is 8.19. The van der Waals surface area contributed by atoms with Crippen LogP contribution in [0, 0.1) is 0 Å². The Bertz CT molecular complexity index is 1010. The molecule has 2 aromatic heterocycles. The number of hydrogen-bond donors (Lipinski definition) is 1. The van der Waals surface area contributed by atoms with Gasteiger partial charge >= 0.3 is 6.09 Å². The third-order valence-corrected chi connectivity index (χ3v) is 4.36. The van der Waals surface area contributed by atoms with Crippen molar-refractivity contribution >= 4 is 50.3 Å². The first-order chi connectivity index (χ1) is 13.1. The maximum Gasteiger partial charge on any atom is 0.419 e. The fraction of sp³-hybridized carbons (Fsp3) is 0.158. The molecule has 0 aliphatic heterocycles. The second-order valence-corrected chi connectivity index (χ2v) is 6.09. The average Bonchev–Trinajstić information content (AvgIpc) is 3.02. The number of ketones is 1. The number of carbonyl (C=O) groups is 3. The molecule has 0 radical (unpaired) electrons. The zero-order valence-electron chi connectivity index (χ0n) is 14.4. The molecule has 8 heteroatoms. The van der Waals surface area contributed by atoms with Gasteiger partial charge in [0.2, 0.25) is 11.7 Å². The van der Waals surface area contributed by atoms with Crippen molar-refractivity contribution in [1.29, 1.82) is 0 Å². The number of benzene rings is 1. The first kappa shape index (κ1) is 18.8. The summed E-state index contributed by atoms with van der Waals surface area (Å²) in [6, 6.07) is 10.2. The van der Waals surface area contributed by atoms with E-state index < -0.39 is 11.9 Å². The normalized spacial score (nSPS) is 10.6. The van der Waals surface area contributed by atoms with Crippen molar-refractivity contribution in [2.75, 3.05) is 17.3 Å². The van der Waals surface area contributed by atoms with Gasteiger partial charge in [0.1, 0.15) is 5.69 Å². The summed E-state index contributed by atoms with van der Waals surface area (Å²) in [6.07, 6.45) is 2.26. The summed E-state index contributed by atoms with van der Waals surface area (Å²) in [5.74, 6) is -0.792. The maximum absolute atomic E-state index is 13.2. The van der Waals surface area contributed by atoms with Crippen LogP contribution in [-0.4, -0.2) is 39.3 Å². The van der Waals surface area contributed by atoms with Crippen molar-refractivity contribution in [3.8, 4) is 0 Å². The van der Waals surface area contributed by atoms with E-state index in [1.54, 1.807) is 49.5 Å². The minimum absolute atomic E-state index is 0.0250. The lowest BCUT2D eigenvalue weighted by molar-refractivity contribution is -0.113. The number of rotatable bonds is 5. The largest absolute Gasteiger partial charge is 0.449 e. The highest BCUT2D eigenvalue weighted by atomic mass is 79.9. The Hall–Kier alpha value is -3.00. The SMILES string of the molecule is CCOC(=O)n1c(C(=O)c2cccnc2)c(NC(=O)CBr)c2ccccc21. The van der Waals surface area contributed by atoms with Crippen molar-refractivity contribution < 1.29 is 19.1 Å². The van der Waals surface area contributed by atoms with E-state index in [-0.39, 0.29) is 29.2 Å². The number of alkyl halides is 1. The van der Waals surface area contributed by atoms with E-state index in [9.17, 15) is 14.4 Å². The van der Waals surface area contributed by atoms with E-state index in [1.165, 1.54) is 10.8 Å². The molecule has 7 nitrogen and oxygen atoms in total. The van der Waals surface area contributed by atoms with Crippen molar-refractivity contribution in [2.24, 2.45) is 0 Å². The summed E-state index contributed by atoms with van der Waals surface area (Å²) < 4.78 is 6.33. The molecule has 1 N–H and O–H groups in total. The Morgan fingerprint density at radius 1 is 1.19 bits per heavy atom. The Kier molecular flexibility index (Phi) is 5.66. The van der Waals surface area contributed by atoms with E-state index >= 15 is 0 Å². The number of hydrogen-bond acceptors (Lipinski definition) is 5. The van der Waals surface area contributed by atoms with Gasteiger partial charge in [-0.15, -0.1) is 0 Å². The lowest BCUT2D eigenvalue weighted by Crippen LogP contribution is -2.22. The van der Waals surface area contributed by atoms with Crippen LogP contribution in [0.2, 0.25) is 0 Å². The standard InChI is InChI=1S/C19H16BrN3O4/c1-2-27-19(26)23-14-8-4-3-7-13(14)16(22-15(24)10-20)17(23)18(25)12-6-5-9-21-11-12/h3-9,11H,2,10H2,1H3,(H,22,24). The monoisotopic (exact) mass is 429 g/mol. The van der Waals surface area contributed by atoms with Gasteiger partial charge in [-0.25, -0.2) is 9.36 Å². The summed E-state index contributed by atoms with van der Waals surface area (Å²) in [5, 5.41) is 3.33. The molecular formula is C19H16BrN3O4. The lowest BCUT2D eigenvalue weighted by atomic mass is 10.1. The molecule has 0 unspecified atom stereocenters. The van der Waals surface area contributed by atoms with Gasteiger partial charge in [-0.1, -0.05) is 34.1 Å². The zero-order chi connectivity index (χ0) is 19.4. The van der Waals surface area contributed by atoms with Crippen LogP contribution in [0.4, 0.5) is 10.5 Å². The van der Waals surface area contributed by atoms with Gasteiger partial charge in [0, 0.05) is 23.3 Å². The molecule has 0 aliphatic rings. The number of nitrogens with zero attached hydrogens (tertiary/aromatic N) is 2. The van der Waals surface area contributed by atoms with E-state index in [4.69, 9.17) is 4.74 Å². The first-order valence-corrected chi connectivity index (χ1v) is 9.31. The third-order valence-electron chi connectivity index (χ3n) is 3.85. The molecule has 2 heterocycles. The van der Waals surface area contributed by atoms with Gasteiger partial charge in [-0.2, -0.15) is 0 Å². The number of ether oxygens (including phenoxy) is 1. The van der Waals surface area contributed by atoms with E-state index in [1.807, 2.05) is 0 Å². The third kappa shape index (κ3) is 3.61. The van der Waals surface area contributed by atoms with Crippen molar-refractivity contribution in [3.63, 3.8) is 0 Å². The van der Waals surface area contributed by atoms with Gasteiger partial charge in [0.25, 0.3) is 0 Å². The van der Waals surface area contributed by atoms with Crippen LogP contribution >= 0.6 is 15.9 Å². The minimum atomic E-state index is -0.694. The van der Waals surface area contributed by atoms with Gasteiger partial charge < -0.3 is 10.1 Å². The van der Waals surface area contributed by atoms with E-state index in [0.717, 1.165) is 0 Å². The quantitative estimate of drug-likeness (QED) is 0.494. The summed E-state index contributed by atoms with van der Waals surface area (Å²) in [5.41, 5.74) is 1.04. The van der Waals surface area contributed by atoms with Crippen LogP contribution < -0.4 is 5.32 Å². The smallest absolute Gasteiger partial charge is 0.419 e. The predicted molar refractivity (Wildman–Crippen MR) is 104 cm³/mol. The molecule has 138 valence electrons. The molecule has 0 spiro atoms. The molecule has 0 saturated heterocycles. The summed E-state index contributed by atoms with van der Waals surface area (Å²) in [7, 11) is 0. The Morgan fingerprint density at radius 2 is 1.96 bits per heavy atom. The van der Waals surface area contributed by atoms with Crippen LogP contribution in [0.5, 0.6) is 0 Å². The highest BCUT2D eigenvalue weighted by molar-refractivity contribution is 9.09. The molecule has 3 aromatic rings. The molecule has 0 atom stereocenters. The molecule has 1 aromatic carbocycles. The van der Waals surface area contributed by atoms with Crippen LogP contribution in [0.25, 0.3) is 10.9 Å². The Morgan fingerprint density at radius 3 is 2.63 bits per heavy atom. The zero-order valence-corrected chi connectivity index (χ0v) is 16.0. The van der Waals surface area contributed by atoms with Crippen molar-refractivity contribution in [2.45, 2.75) is 6.92 Å². The van der Waals surface area contributed by atoms with Crippen LogP contribution in [0.3, 0.4) is 0 Å². The predicted octanol–water partition coefficient (Wildman–Crippen LogP) is 3.61. The van der Waals surface area contributed by atoms with Crippen LogP contribution in [-0.2, 0) is 9.53 Å². The summed E-state index contributed by atoms with van der Waals surface area (Å²) >= 11 is 3.10. The number of carbonyl (C=O) groups excluding carboxylic acids is 3. The molecule has 0 aliphatic carbocycles. The minimum Gasteiger partial charge on any atom is -0.449 e. The number of amides is 1. The number of fused-ring (bicyclic) bond motifs is 1. The van der Waals surface area contributed by atoms with Crippen molar-refractivity contribution in [1.82, 2.24) is 9.55 Å². The number of halogens is 1. The molecular weight excluding hydrogens is 414 g/mol. The van der Waals surface area contributed by atoms with Gasteiger partial charge in [0.15, 0.2) is 0 Å². The molecule has 0 fully saturated rings. The molecule has 27 heavy (non-hydrogen) atoms. The molecule has 0 saturated carbocycles. The maximum atomic E-state index is 13.2. The fourth-order valence-corrected chi connectivity index (χ4v) is 2.91. The number of nitrogens with one attached hydrogen (secondary N) is 1. The topological polar surface area (TPSA) is 90.3 Å². The molecule has 1 amide bonds. The number of aromatic nitrogens is 2. The highest BCUT2D eigenvalue weighted by Crippen LogP contribution is 2.33. The van der Waals surface area contributed by atoms with Crippen LogP contribution in [0.15, 0.2) is 48.8 Å². The van der Waals surface area contributed by atoms with Gasteiger partial charge in [-0.3, -0.25) is 14.6 Å². The Labute approximate surface area is 163 Å². The average molecular weight is 430 g/mol. The number of anilines is 1. The number of para-hydroxylation sites is 1. The summed E-state index contributed by atoms with van der Waals surface area (Å²) in [6.45, 7) is 1.83. The number of pyridine rings is 1. The van der Waals surface area contributed by atoms with Crippen molar-refractivity contribution in [3.05, 3.63) is 60.0 Å². The van der Waals surface area contributed by atoms with E-state index in [2.05, 4.69) is 26.2 Å². The van der Waals surface area contributed by atoms with E-state index in [0.29, 0.717) is 16.5 Å². The van der Waals surface area contributed by atoms with Gasteiger partial charge in [-0.05, 0) is 25.1 Å². The molecule has 0 bridgehead atoms. The summed E-state index contributed by atoms with van der Waals surface area (Å²) in [4.78, 5) is 41.8. The second-order valence-electron chi connectivity index (χ2n) is 5.53. The highest BCUT2D eigenvalue weighted by Gasteiger charge is 2.28. The Balaban J connectivity index is 2.31. The fourth-order valence-electron chi connectivity index (χ4n) is 2.77. The molecule has 3 rings (SSSR count). The van der Waals surface area contributed by atoms with Gasteiger partial charge in [0.05, 0.1) is 23.1 Å². The lowest BCUT2D eigenvalue weighted by Gasteiger charge is -2.10. The van der Waals surface area contributed by atoms with Crippen LogP contribution in [0.1, 0.15) is 23.0 Å².